The third kappa shape index (κ3) is 2.80. The summed E-state index contributed by atoms with van der Waals surface area (Å²) in [5.41, 5.74) is 1.01. The lowest BCUT2D eigenvalue weighted by Gasteiger charge is -1.94. The molecule has 0 amide bonds. The van der Waals surface area contributed by atoms with Crippen LogP contribution >= 0.6 is 39.5 Å². The molecule has 2 rings (SSSR count). The maximum absolute atomic E-state index is 4.91. The summed E-state index contributed by atoms with van der Waals surface area (Å²) in [7, 11) is 0. The van der Waals surface area contributed by atoms with Gasteiger partial charge in [0.15, 0.2) is 3.95 Å². The fourth-order valence-electron chi connectivity index (χ4n) is 0.982. The molecule has 1 N–H and O–H groups in total. The van der Waals surface area contributed by atoms with Crippen molar-refractivity contribution in [3.05, 3.63) is 38.3 Å². The van der Waals surface area contributed by atoms with Crippen LogP contribution in [-0.4, -0.2) is 16.4 Å². The number of nitrogens with one attached hydrogen (secondary N) is 1. The molecule has 0 aliphatic rings. The van der Waals surface area contributed by atoms with E-state index in [9.17, 15) is 0 Å². The van der Waals surface area contributed by atoms with Crippen LogP contribution in [0.5, 0.6) is 0 Å². The first-order chi connectivity index (χ1) is 7.25. The van der Waals surface area contributed by atoms with Gasteiger partial charge < -0.3 is 0 Å². The number of halogens is 1. The molecule has 1 aromatic heterocycles. The van der Waals surface area contributed by atoms with Crippen LogP contribution in [0.15, 0.2) is 33.7 Å². The standard InChI is InChI=1S/C9H6BrN3S2/c10-7-4-2-1-3-6(7)5-11-8-12-13-9(14)15-8/h1-5H,(H,13,14)/b11-5+. The molecular formula is C9H6BrN3S2. The van der Waals surface area contributed by atoms with Crippen LogP contribution in [0.25, 0.3) is 0 Å². The Balaban J connectivity index is 2.26. The number of benzene rings is 1. The average molecular weight is 300 g/mol. The number of aliphatic imine (C=N–C) groups is 1. The monoisotopic (exact) mass is 299 g/mol. The van der Waals surface area contributed by atoms with Gasteiger partial charge in [-0.05, 0) is 18.3 Å². The molecule has 0 aliphatic heterocycles. The average Bonchev–Trinajstić information content (AvgIpc) is 2.63. The minimum absolute atomic E-state index is 0.634. The number of hydrogen-bond donors (Lipinski definition) is 1. The molecule has 15 heavy (non-hydrogen) atoms. The summed E-state index contributed by atoms with van der Waals surface area (Å²) >= 11 is 9.69. The van der Waals surface area contributed by atoms with Gasteiger partial charge in [0.1, 0.15) is 0 Å². The lowest BCUT2D eigenvalue weighted by atomic mass is 10.2. The number of H-pyrrole nitrogens is 1. The quantitative estimate of drug-likeness (QED) is 0.678. The Morgan fingerprint density at radius 1 is 1.47 bits per heavy atom. The summed E-state index contributed by atoms with van der Waals surface area (Å²) in [6, 6.07) is 7.85. The van der Waals surface area contributed by atoms with E-state index in [4.69, 9.17) is 12.2 Å². The molecule has 3 nitrogen and oxygen atoms in total. The first kappa shape index (κ1) is 10.7. The predicted molar refractivity (Wildman–Crippen MR) is 68.7 cm³/mol. The SMILES string of the molecule is S=c1[nH]nc(/N=C/c2ccccc2Br)s1. The fourth-order valence-corrected chi connectivity index (χ4v) is 2.09. The Morgan fingerprint density at radius 2 is 2.27 bits per heavy atom. The van der Waals surface area contributed by atoms with Gasteiger partial charge >= 0.3 is 0 Å². The molecule has 0 aliphatic carbocycles. The van der Waals surface area contributed by atoms with Crippen molar-refractivity contribution in [1.82, 2.24) is 10.2 Å². The molecule has 0 fully saturated rings. The van der Waals surface area contributed by atoms with Crippen LogP contribution in [0.4, 0.5) is 5.13 Å². The second-order valence-electron chi connectivity index (χ2n) is 2.68. The van der Waals surface area contributed by atoms with E-state index in [-0.39, 0.29) is 0 Å². The van der Waals surface area contributed by atoms with Gasteiger partial charge in [0.2, 0.25) is 5.13 Å². The van der Waals surface area contributed by atoms with E-state index in [0.717, 1.165) is 10.0 Å². The van der Waals surface area contributed by atoms with Crippen LogP contribution in [0.1, 0.15) is 5.56 Å². The molecule has 76 valence electrons. The van der Waals surface area contributed by atoms with E-state index < -0.39 is 0 Å². The number of hydrogen-bond acceptors (Lipinski definition) is 4. The van der Waals surface area contributed by atoms with E-state index >= 15 is 0 Å². The van der Waals surface area contributed by atoms with Gasteiger partial charge in [0, 0.05) is 16.3 Å². The molecule has 0 atom stereocenters. The molecule has 0 saturated carbocycles. The minimum atomic E-state index is 0.634. The maximum atomic E-state index is 4.91. The summed E-state index contributed by atoms with van der Waals surface area (Å²) in [5.74, 6) is 0. The van der Waals surface area contributed by atoms with Crippen molar-refractivity contribution in [2.75, 3.05) is 0 Å². The van der Waals surface area contributed by atoms with Gasteiger partial charge in [0.25, 0.3) is 0 Å². The summed E-state index contributed by atoms with van der Waals surface area (Å²) in [6.45, 7) is 0. The van der Waals surface area contributed by atoms with Crippen molar-refractivity contribution in [3.8, 4) is 0 Å². The van der Waals surface area contributed by atoms with E-state index in [1.165, 1.54) is 11.3 Å². The molecule has 1 heterocycles. The zero-order chi connectivity index (χ0) is 10.7. The highest BCUT2D eigenvalue weighted by Gasteiger charge is 1.95. The van der Waals surface area contributed by atoms with E-state index in [1.54, 1.807) is 6.21 Å². The first-order valence-electron chi connectivity index (χ1n) is 4.10. The van der Waals surface area contributed by atoms with Crippen molar-refractivity contribution in [3.63, 3.8) is 0 Å². The summed E-state index contributed by atoms with van der Waals surface area (Å²) in [5, 5.41) is 7.25. The zero-order valence-electron chi connectivity index (χ0n) is 7.48. The summed E-state index contributed by atoms with van der Waals surface area (Å²) in [6.07, 6.45) is 1.76. The Labute approximate surface area is 104 Å². The third-order valence-corrected chi connectivity index (χ3v) is 3.37. The topological polar surface area (TPSA) is 41.0 Å². The van der Waals surface area contributed by atoms with Gasteiger partial charge in [-0.15, -0.1) is 5.10 Å². The summed E-state index contributed by atoms with van der Waals surface area (Å²) in [4.78, 5) is 4.21. The van der Waals surface area contributed by atoms with Crippen molar-refractivity contribution in [2.45, 2.75) is 0 Å². The predicted octanol–water partition coefficient (Wildman–Crippen LogP) is 3.71. The maximum Gasteiger partial charge on any atom is 0.230 e. The second-order valence-corrected chi connectivity index (χ2v) is 5.17. The lowest BCUT2D eigenvalue weighted by molar-refractivity contribution is 1.07. The Kier molecular flexibility index (Phi) is 3.40. The third-order valence-electron chi connectivity index (χ3n) is 1.65. The Morgan fingerprint density at radius 3 is 2.93 bits per heavy atom. The number of aromatic nitrogens is 2. The normalized spacial score (nSPS) is 11.0. The fraction of sp³-hybridized carbons (Fsp3) is 0. The van der Waals surface area contributed by atoms with Gasteiger partial charge in [0.05, 0.1) is 0 Å². The van der Waals surface area contributed by atoms with E-state index in [2.05, 4.69) is 31.1 Å². The van der Waals surface area contributed by atoms with Crippen molar-refractivity contribution >= 4 is 50.8 Å². The highest BCUT2D eigenvalue weighted by Crippen LogP contribution is 2.17. The molecule has 0 radical (unpaired) electrons. The van der Waals surface area contributed by atoms with Crippen molar-refractivity contribution in [1.29, 1.82) is 0 Å². The molecule has 0 spiro atoms. The molecule has 2 aromatic rings. The largest absolute Gasteiger partial charge is 0.256 e. The number of aromatic amines is 1. The van der Waals surface area contributed by atoms with E-state index in [0.29, 0.717) is 9.09 Å². The minimum Gasteiger partial charge on any atom is -0.256 e. The molecule has 0 saturated heterocycles. The van der Waals surface area contributed by atoms with Crippen LogP contribution < -0.4 is 0 Å². The zero-order valence-corrected chi connectivity index (χ0v) is 10.7. The van der Waals surface area contributed by atoms with Gasteiger partial charge in [-0.3, -0.25) is 5.10 Å². The Hall–Kier alpha value is -0.850. The van der Waals surface area contributed by atoms with Crippen LogP contribution in [0, 0.1) is 3.95 Å². The first-order valence-corrected chi connectivity index (χ1v) is 6.11. The molecule has 0 unspecified atom stereocenters. The molecule has 1 aromatic carbocycles. The highest BCUT2D eigenvalue weighted by atomic mass is 79.9. The number of nitrogens with zero attached hydrogens (tertiary/aromatic N) is 2. The molecule has 6 heteroatoms. The van der Waals surface area contributed by atoms with Gasteiger partial charge in [-0.1, -0.05) is 45.5 Å². The molecular weight excluding hydrogens is 294 g/mol. The number of rotatable bonds is 2. The molecule has 0 bridgehead atoms. The summed E-state index contributed by atoms with van der Waals surface area (Å²) < 4.78 is 1.64. The van der Waals surface area contributed by atoms with Crippen molar-refractivity contribution < 1.29 is 0 Å². The Bertz CT molecular complexity index is 544. The van der Waals surface area contributed by atoms with Gasteiger partial charge in [-0.2, -0.15) is 0 Å². The highest BCUT2D eigenvalue weighted by molar-refractivity contribution is 9.10. The van der Waals surface area contributed by atoms with E-state index in [1.807, 2.05) is 24.3 Å². The smallest absolute Gasteiger partial charge is 0.230 e. The van der Waals surface area contributed by atoms with Crippen LogP contribution in [0.3, 0.4) is 0 Å². The van der Waals surface area contributed by atoms with Crippen molar-refractivity contribution in [2.24, 2.45) is 4.99 Å². The van der Waals surface area contributed by atoms with Crippen LogP contribution in [0.2, 0.25) is 0 Å². The second kappa shape index (κ2) is 4.78. The van der Waals surface area contributed by atoms with Crippen LogP contribution in [-0.2, 0) is 0 Å². The lowest BCUT2D eigenvalue weighted by Crippen LogP contribution is -1.81. The van der Waals surface area contributed by atoms with Gasteiger partial charge in [-0.25, -0.2) is 4.99 Å².